The molecule has 0 aromatic heterocycles. The number of unbranched alkanes of at least 4 members (excludes halogenated alkanes) is 1. The number of aliphatic hydroxyl groups is 3. The summed E-state index contributed by atoms with van der Waals surface area (Å²) in [5, 5.41) is 31.2. The first-order valence-corrected chi connectivity index (χ1v) is 11.4. The lowest BCUT2D eigenvalue weighted by molar-refractivity contribution is -0.142. The van der Waals surface area contributed by atoms with E-state index in [-0.39, 0.29) is 18.4 Å². The molecule has 2 aliphatic rings. The Morgan fingerprint density at radius 3 is 2.62 bits per heavy atom. The summed E-state index contributed by atoms with van der Waals surface area (Å²) in [6.45, 7) is 2.16. The highest BCUT2D eigenvalue weighted by atomic mass is 16.5. The van der Waals surface area contributed by atoms with Crippen molar-refractivity contribution >= 4 is 5.97 Å². The third kappa shape index (κ3) is 7.88. The Morgan fingerprint density at radius 2 is 1.97 bits per heavy atom. The second kappa shape index (κ2) is 11.9. The summed E-state index contributed by atoms with van der Waals surface area (Å²) in [7, 11) is 1.32. The van der Waals surface area contributed by atoms with Crippen LogP contribution in [0.3, 0.4) is 0 Å². The van der Waals surface area contributed by atoms with Crippen LogP contribution >= 0.6 is 0 Å². The number of aliphatic hydroxyl groups excluding tert-OH is 2. The third-order valence-electron chi connectivity index (χ3n) is 6.60. The number of methoxy groups -OCH3 is 1. The molecule has 29 heavy (non-hydrogen) atoms. The van der Waals surface area contributed by atoms with E-state index in [1.54, 1.807) is 0 Å². The van der Waals surface area contributed by atoms with E-state index < -0.39 is 17.7 Å². The van der Waals surface area contributed by atoms with E-state index in [9.17, 15) is 20.1 Å². The number of rotatable bonds is 13. The van der Waals surface area contributed by atoms with Gasteiger partial charge in [-0.05, 0) is 63.2 Å². The second-order valence-corrected chi connectivity index (χ2v) is 8.97. The highest BCUT2D eigenvalue weighted by Crippen LogP contribution is 2.45. The monoisotopic (exact) mass is 408 g/mol. The lowest BCUT2D eigenvalue weighted by Crippen LogP contribution is -2.30. The maximum atomic E-state index is 11.2. The smallest absolute Gasteiger partial charge is 0.308 e. The molecule has 0 amide bonds. The largest absolute Gasteiger partial charge is 0.469 e. The quantitative estimate of drug-likeness (QED) is 0.318. The molecule has 3 N–H and O–H groups in total. The zero-order valence-corrected chi connectivity index (χ0v) is 18.1. The van der Waals surface area contributed by atoms with E-state index in [1.165, 1.54) is 7.11 Å². The minimum absolute atomic E-state index is 0.0102. The number of carbonyl (C=O) groups is 1. The first kappa shape index (κ1) is 24.1. The van der Waals surface area contributed by atoms with Gasteiger partial charge >= 0.3 is 5.97 Å². The van der Waals surface area contributed by atoms with Crippen molar-refractivity contribution in [1.29, 1.82) is 0 Å². The molecule has 2 saturated carbocycles. The van der Waals surface area contributed by atoms with E-state index in [4.69, 9.17) is 0 Å². The molecule has 0 spiro atoms. The molecule has 2 rings (SSSR count). The van der Waals surface area contributed by atoms with E-state index in [1.807, 2.05) is 12.2 Å². The Hall–Kier alpha value is -1.17. The Balaban J connectivity index is 1.81. The van der Waals surface area contributed by atoms with Crippen LogP contribution in [0.1, 0.15) is 77.6 Å². The average molecular weight is 409 g/mol. The van der Waals surface area contributed by atoms with Gasteiger partial charge in [-0.2, -0.15) is 0 Å². The van der Waals surface area contributed by atoms with Crippen LogP contribution in [-0.2, 0) is 9.53 Å². The fourth-order valence-corrected chi connectivity index (χ4v) is 4.53. The van der Waals surface area contributed by atoms with Gasteiger partial charge in [-0.3, -0.25) is 4.79 Å². The molecular weight excluding hydrogens is 368 g/mol. The van der Waals surface area contributed by atoms with Gasteiger partial charge in [0.1, 0.15) is 0 Å². The maximum absolute atomic E-state index is 11.2. The molecule has 0 bridgehead atoms. The minimum Gasteiger partial charge on any atom is -0.469 e. The highest BCUT2D eigenvalue weighted by molar-refractivity contribution is 5.69. The van der Waals surface area contributed by atoms with Gasteiger partial charge in [-0.25, -0.2) is 0 Å². The number of hydrogen-bond acceptors (Lipinski definition) is 5. The van der Waals surface area contributed by atoms with Crippen molar-refractivity contribution in [3.63, 3.8) is 0 Å². The Morgan fingerprint density at radius 1 is 1.21 bits per heavy atom. The van der Waals surface area contributed by atoms with Crippen molar-refractivity contribution < 1.29 is 24.9 Å². The molecule has 0 aromatic carbocycles. The Kier molecular flexibility index (Phi) is 9.87. The number of ether oxygens (including phenoxy) is 1. The zero-order chi connectivity index (χ0) is 21.3. The predicted octanol–water partition coefficient (Wildman–Crippen LogP) is 3.91. The predicted molar refractivity (Wildman–Crippen MR) is 114 cm³/mol. The topological polar surface area (TPSA) is 87.0 Å². The van der Waals surface area contributed by atoms with Gasteiger partial charge in [0.15, 0.2) is 0 Å². The summed E-state index contributed by atoms with van der Waals surface area (Å²) in [6, 6.07) is 0. The van der Waals surface area contributed by atoms with Crippen molar-refractivity contribution in [2.75, 3.05) is 7.11 Å². The van der Waals surface area contributed by atoms with Crippen molar-refractivity contribution in [2.45, 2.75) is 95.4 Å². The highest BCUT2D eigenvalue weighted by Gasteiger charge is 2.42. The molecule has 2 fully saturated rings. The molecule has 166 valence electrons. The van der Waals surface area contributed by atoms with Gasteiger partial charge in [0.2, 0.25) is 0 Å². The van der Waals surface area contributed by atoms with Crippen LogP contribution in [0.2, 0.25) is 0 Å². The fraction of sp³-hybridized carbons (Fsp3) is 0.792. The summed E-state index contributed by atoms with van der Waals surface area (Å²) < 4.78 is 4.56. The van der Waals surface area contributed by atoms with E-state index >= 15 is 0 Å². The van der Waals surface area contributed by atoms with Crippen molar-refractivity contribution in [3.8, 4) is 0 Å². The van der Waals surface area contributed by atoms with Gasteiger partial charge in [0.05, 0.1) is 31.3 Å². The Labute approximate surface area is 175 Å². The first-order chi connectivity index (χ1) is 13.9. The molecule has 0 aliphatic heterocycles. The van der Waals surface area contributed by atoms with Crippen LogP contribution < -0.4 is 0 Å². The zero-order valence-electron chi connectivity index (χ0n) is 18.1. The lowest BCUT2D eigenvalue weighted by atomic mass is 9.86. The molecule has 0 aromatic rings. The molecule has 2 unspecified atom stereocenters. The molecule has 0 saturated heterocycles. The van der Waals surface area contributed by atoms with Gasteiger partial charge < -0.3 is 20.1 Å². The van der Waals surface area contributed by atoms with Crippen LogP contribution in [0.15, 0.2) is 24.3 Å². The van der Waals surface area contributed by atoms with Gasteiger partial charge in [0.25, 0.3) is 0 Å². The first-order valence-electron chi connectivity index (χ1n) is 11.4. The maximum Gasteiger partial charge on any atom is 0.308 e. The molecule has 0 heterocycles. The molecular formula is C24H40O5. The van der Waals surface area contributed by atoms with Crippen LogP contribution in [0.5, 0.6) is 0 Å². The van der Waals surface area contributed by atoms with Crippen molar-refractivity contribution in [1.82, 2.24) is 0 Å². The SMILES string of the molecule is CCCCC(O)(CC=C[C@@H]1[C@@H](CC=CCC(O)CC(=O)OC)CC[C@H]1O)C1CC1. The molecule has 2 aliphatic carbocycles. The number of carbonyl (C=O) groups excluding carboxylic acids is 1. The second-order valence-electron chi connectivity index (χ2n) is 8.97. The average Bonchev–Trinajstić information content (AvgIpc) is 3.50. The Bertz CT molecular complexity index is 553. The van der Waals surface area contributed by atoms with Crippen LogP contribution in [-0.4, -0.2) is 46.2 Å². The van der Waals surface area contributed by atoms with E-state index in [2.05, 4.69) is 23.8 Å². The third-order valence-corrected chi connectivity index (χ3v) is 6.60. The molecule has 5 atom stereocenters. The summed E-state index contributed by atoms with van der Waals surface area (Å²) in [4.78, 5) is 11.2. The van der Waals surface area contributed by atoms with Gasteiger partial charge in [-0.1, -0.05) is 44.1 Å². The van der Waals surface area contributed by atoms with Gasteiger partial charge in [0, 0.05) is 5.92 Å². The molecule has 5 nitrogen and oxygen atoms in total. The molecule has 0 radical (unpaired) electrons. The standard InChI is InChI=1S/C24H40O5/c1-3-4-15-24(28,19-12-13-19)16-7-10-21-18(11-14-22(21)26)8-5-6-9-20(25)17-23(27)29-2/h5-7,10,18-22,25-26,28H,3-4,8-9,11-17H2,1-2H3/t18-,20?,21+,22+,24?/m0/s1. The minimum atomic E-state index is -0.716. The summed E-state index contributed by atoms with van der Waals surface area (Å²) >= 11 is 0. The van der Waals surface area contributed by atoms with Crippen molar-refractivity contribution in [3.05, 3.63) is 24.3 Å². The van der Waals surface area contributed by atoms with E-state index in [0.717, 1.165) is 51.4 Å². The lowest BCUT2D eigenvalue weighted by Gasteiger charge is -2.27. The summed E-state index contributed by atoms with van der Waals surface area (Å²) in [5.41, 5.74) is -0.568. The van der Waals surface area contributed by atoms with Crippen LogP contribution in [0.4, 0.5) is 0 Å². The number of allylic oxidation sites excluding steroid dienone is 1. The van der Waals surface area contributed by atoms with Gasteiger partial charge in [-0.15, -0.1) is 0 Å². The fourth-order valence-electron chi connectivity index (χ4n) is 4.53. The normalized spacial score (nSPS) is 28.1. The van der Waals surface area contributed by atoms with Crippen LogP contribution in [0, 0.1) is 17.8 Å². The summed E-state index contributed by atoms with van der Waals surface area (Å²) in [5.74, 6) is 0.539. The number of hydrogen-bond donors (Lipinski definition) is 3. The van der Waals surface area contributed by atoms with Crippen LogP contribution in [0.25, 0.3) is 0 Å². The number of esters is 1. The van der Waals surface area contributed by atoms with Crippen molar-refractivity contribution in [2.24, 2.45) is 17.8 Å². The molecule has 5 heteroatoms. The van der Waals surface area contributed by atoms with E-state index in [0.29, 0.717) is 24.7 Å². The summed E-state index contributed by atoms with van der Waals surface area (Å²) in [6.07, 6.45) is 16.2.